The molecule has 6 atom stereocenters. The Morgan fingerprint density at radius 3 is 2.35 bits per heavy atom. The van der Waals surface area contributed by atoms with E-state index in [-0.39, 0.29) is 30.6 Å². The molecule has 0 bridgehead atoms. The highest BCUT2D eigenvalue weighted by Gasteiger charge is 2.79. The summed E-state index contributed by atoms with van der Waals surface area (Å²) in [6.07, 6.45) is -2.76. The van der Waals surface area contributed by atoms with E-state index in [4.69, 9.17) is 4.74 Å². The quantitative estimate of drug-likeness (QED) is 0.423. The van der Waals surface area contributed by atoms with E-state index in [1.54, 1.807) is 13.2 Å². The van der Waals surface area contributed by atoms with Crippen LogP contribution in [0.25, 0.3) is 0 Å². The molecule has 4 unspecified atom stereocenters. The molecule has 37 heavy (non-hydrogen) atoms. The second kappa shape index (κ2) is 8.73. The highest BCUT2D eigenvalue weighted by Crippen LogP contribution is 2.70. The van der Waals surface area contributed by atoms with Crippen LogP contribution in [0.3, 0.4) is 0 Å². The van der Waals surface area contributed by atoms with Gasteiger partial charge < -0.3 is 9.84 Å². The summed E-state index contributed by atoms with van der Waals surface area (Å²) in [5.74, 6) is -6.32. The maximum absolute atomic E-state index is 15.0. The van der Waals surface area contributed by atoms with Crippen LogP contribution in [-0.2, 0) is 9.53 Å². The van der Waals surface area contributed by atoms with Crippen LogP contribution in [0, 0.1) is 17.3 Å². The summed E-state index contributed by atoms with van der Waals surface area (Å²) in [6.45, 7) is 3.34. The highest BCUT2D eigenvalue weighted by atomic mass is 19.4. The smallest absolute Gasteiger partial charge is 0.383 e. The lowest BCUT2D eigenvalue weighted by Gasteiger charge is -2.56. The van der Waals surface area contributed by atoms with Crippen LogP contribution in [-0.4, -0.2) is 35.7 Å². The SMILES string of the molecule is COC(C)c1ccc(C2C[C@@]3(C)C(CC[C@@]3(O)C(F)(F)C(F)(F)F)C3CCC4=CC(=O)CCC4=C23)cc1. The van der Waals surface area contributed by atoms with Crippen LogP contribution in [0.5, 0.6) is 0 Å². The summed E-state index contributed by atoms with van der Waals surface area (Å²) < 4.78 is 76.4. The molecule has 1 aromatic rings. The molecule has 0 heterocycles. The fraction of sp³-hybridized carbons (Fsp3) is 0.621. The second-order valence-electron chi connectivity index (χ2n) is 11.5. The predicted molar refractivity (Wildman–Crippen MR) is 128 cm³/mol. The maximum Gasteiger partial charge on any atom is 0.456 e. The number of aliphatic hydroxyl groups is 1. The third-order valence-corrected chi connectivity index (χ3v) is 9.92. The summed E-state index contributed by atoms with van der Waals surface area (Å²) in [5.41, 5.74) is 0.0103. The van der Waals surface area contributed by atoms with Crippen LogP contribution in [0.15, 0.2) is 47.1 Å². The molecule has 2 fully saturated rings. The molecular weight excluding hydrogens is 491 g/mol. The largest absolute Gasteiger partial charge is 0.456 e. The molecular formula is C29H33F5O3. The summed E-state index contributed by atoms with van der Waals surface area (Å²) >= 11 is 0. The number of halogens is 5. The number of carbonyl (C=O) groups is 1. The zero-order valence-electron chi connectivity index (χ0n) is 21.3. The van der Waals surface area contributed by atoms with Gasteiger partial charge >= 0.3 is 12.1 Å². The molecule has 4 aliphatic carbocycles. The Balaban J connectivity index is 1.67. The van der Waals surface area contributed by atoms with Crippen molar-refractivity contribution in [1.29, 1.82) is 0 Å². The summed E-state index contributed by atoms with van der Waals surface area (Å²) in [6, 6.07) is 7.58. The van der Waals surface area contributed by atoms with Crippen molar-refractivity contribution in [3.63, 3.8) is 0 Å². The van der Waals surface area contributed by atoms with Crippen molar-refractivity contribution in [2.24, 2.45) is 17.3 Å². The number of alkyl halides is 5. The first-order chi connectivity index (χ1) is 17.2. The highest BCUT2D eigenvalue weighted by molar-refractivity contribution is 5.93. The van der Waals surface area contributed by atoms with Gasteiger partial charge in [-0.15, -0.1) is 0 Å². The minimum Gasteiger partial charge on any atom is -0.383 e. The molecule has 5 rings (SSSR count). The number of allylic oxidation sites excluding steroid dienone is 4. The van der Waals surface area contributed by atoms with Crippen molar-refractivity contribution in [3.05, 3.63) is 58.2 Å². The van der Waals surface area contributed by atoms with E-state index in [2.05, 4.69) is 0 Å². The van der Waals surface area contributed by atoms with Gasteiger partial charge in [-0.25, -0.2) is 0 Å². The van der Waals surface area contributed by atoms with Gasteiger partial charge in [0.1, 0.15) is 5.60 Å². The predicted octanol–water partition coefficient (Wildman–Crippen LogP) is 7.22. The van der Waals surface area contributed by atoms with Gasteiger partial charge in [-0.2, -0.15) is 22.0 Å². The molecule has 2 saturated carbocycles. The number of rotatable bonds is 4. The maximum atomic E-state index is 15.0. The molecule has 3 nitrogen and oxygen atoms in total. The lowest BCUT2D eigenvalue weighted by molar-refractivity contribution is -0.362. The zero-order chi connectivity index (χ0) is 27.0. The van der Waals surface area contributed by atoms with Crippen molar-refractivity contribution < 1.29 is 36.6 Å². The van der Waals surface area contributed by atoms with Crippen LogP contribution in [0.1, 0.15) is 81.9 Å². The van der Waals surface area contributed by atoms with Gasteiger partial charge in [-0.05, 0) is 85.6 Å². The average Bonchev–Trinajstić information content (AvgIpc) is 3.13. The first-order valence-corrected chi connectivity index (χ1v) is 13.0. The minimum absolute atomic E-state index is 0.0183. The fourth-order valence-electron chi connectivity index (χ4n) is 7.85. The van der Waals surface area contributed by atoms with Gasteiger partial charge in [0, 0.05) is 24.9 Å². The van der Waals surface area contributed by atoms with Crippen molar-refractivity contribution in [3.8, 4) is 0 Å². The van der Waals surface area contributed by atoms with Gasteiger partial charge in [0.2, 0.25) is 0 Å². The van der Waals surface area contributed by atoms with E-state index in [0.717, 1.165) is 27.8 Å². The number of carbonyl (C=O) groups excluding carboxylic acids is 1. The van der Waals surface area contributed by atoms with Gasteiger partial charge in [-0.3, -0.25) is 4.79 Å². The van der Waals surface area contributed by atoms with Gasteiger partial charge in [0.25, 0.3) is 0 Å². The number of methoxy groups -OCH3 is 1. The summed E-state index contributed by atoms with van der Waals surface area (Å²) in [4.78, 5) is 12.1. The van der Waals surface area contributed by atoms with Gasteiger partial charge in [0.05, 0.1) is 6.10 Å². The van der Waals surface area contributed by atoms with E-state index in [1.165, 1.54) is 6.92 Å². The lowest BCUT2D eigenvalue weighted by Crippen LogP contribution is -2.65. The third-order valence-electron chi connectivity index (χ3n) is 9.92. The molecule has 0 saturated heterocycles. The molecule has 202 valence electrons. The standard InChI is InChI=1S/C29H33F5O3/c1-16(37-3)17-4-6-18(7-5-17)23-15-26(2)24(12-13-27(26,36)28(30,31)29(32,33)34)22-10-8-19-14-20(35)9-11-21(19)25(22)23/h4-7,14,16,22-24,36H,8-13,15H2,1-3H3/t16?,22?,23?,24?,26-,27-/m0/s1. The first-order valence-electron chi connectivity index (χ1n) is 13.0. The fourth-order valence-corrected chi connectivity index (χ4v) is 7.85. The van der Waals surface area contributed by atoms with E-state index in [9.17, 15) is 23.1 Å². The minimum atomic E-state index is -5.85. The second-order valence-corrected chi connectivity index (χ2v) is 11.5. The van der Waals surface area contributed by atoms with Crippen molar-refractivity contribution in [1.82, 2.24) is 0 Å². The molecule has 8 heteroatoms. The Morgan fingerprint density at radius 2 is 1.73 bits per heavy atom. The Morgan fingerprint density at radius 1 is 1.05 bits per heavy atom. The lowest BCUT2D eigenvalue weighted by atomic mass is 9.50. The number of ether oxygens (including phenoxy) is 1. The van der Waals surface area contributed by atoms with Gasteiger partial charge in [0.15, 0.2) is 5.78 Å². The molecule has 0 aromatic heterocycles. The number of hydrogen-bond acceptors (Lipinski definition) is 3. The van der Waals surface area contributed by atoms with Crippen molar-refractivity contribution >= 4 is 5.78 Å². The summed E-state index contributed by atoms with van der Waals surface area (Å²) in [5, 5.41) is 11.3. The first kappa shape index (κ1) is 26.5. The molecule has 1 N–H and O–H groups in total. The number of benzene rings is 1. The Labute approximate surface area is 213 Å². The molecule has 0 spiro atoms. The Bertz CT molecular complexity index is 1150. The van der Waals surface area contributed by atoms with Crippen LogP contribution in [0.2, 0.25) is 0 Å². The van der Waals surface area contributed by atoms with E-state index >= 15 is 8.78 Å². The Hall–Kier alpha value is -2.06. The number of ketones is 1. The van der Waals surface area contributed by atoms with Gasteiger partial charge in [-0.1, -0.05) is 36.8 Å². The monoisotopic (exact) mass is 524 g/mol. The zero-order valence-corrected chi connectivity index (χ0v) is 21.3. The van der Waals surface area contributed by atoms with E-state index in [1.807, 2.05) is 31.2 Å². The van der Waals surface area contributed by atoms with Crippen LogP contribution >= 0.6 is 0 Å². The molecule has 0 radical (unpaired) electrons. The normalized spacial score (nSPS) is 35.0. The molecule has 4 aliphatic rings. The average molecular weight is 525 g/mol. The van der Waals surface area contributed by atoms with E-state index in [0.29, 0.717) is 25.7 Å². The third kappa shape index (κ3) is 3.76. The summed E-state index contributed by atoms with van der Waals surface area (Å²) in [7, 11) is 1.60. The number of fused-ring (bicyclic) bond motifs is 4. The molecule has 0 amide bonds. The van der Waals surface area contributed by atoms with Crippen LogP contribution < -0.4 is 0 Å². The topological polar surface area (TPSA) is 46.5 Å². The number of hydrogen-bond donors (Lipinski definition) is 1. The molecule has 1 aromatic carbocycles. The van der Waals surface area contributed by atoms with Crippen molar-refractivity contribution in [2.75, 3.05) is 7.11 Å². The van der Waals surface area contributed by atoms with Crippen molar-refractivity contribution in [2.45, 2.75) is 88.5 Å². The Kier molecular flexibility index (Phi) is 6.26. The van der Waals surface area contributed by atoms with Crippen LogP contribution in [0.4, 0.5) is 22.0 Å². The van der Waals surface area contributed by atoms with E-state index < -0.39 is 41.4 Å². The molecule has 0 aliphatic heterocycles.